The number of piperidine rings is 1. The largest absolute Gasteiger partial charge is 0.416 e. The number of benzene rings is 1. The van der Waals surface area contributed by atoms with Crippen LogP contribution in [0.2, 0.25) is 0 Å². The molecule has 1 N–H and O–H groups in total. The highest BCUT2D eigenvalue weighted by Gasteiger charge is 2.30. The number of aromatic nitrogens is 2. The highest BCUT2D eigenvalue weighted by molar-refractivity contribution is 5.27. The second kappa shape index (κ2) is 7.39. The van der Waals surface area contributed by atoms with Gasteiger partial charge < -0.3 is 5.32 Å². The predicted molar refractivity (Wildman–Crippen MR) is 90.1 cm³/mol. The fourth-order valence-corrected chi connectivity index (χ4v) is 3.08. The van der Waals surface area contributed by atoms with Crippen LogP contribution in [0.15, 0.2) is 36.5 Å². The number of halogens is 3. The number of nitrogens with one attached hydrogen (secondary N) is 1. The van der Waals surface area contributed by atoms with Crippen molar-refractivity contribution in [2.75, 3.05) is 18.4 Å². The summed E-state index contributed by atoms with van der Waals surface area (Å²) in [5.74, 6) is 0.626. The van der Waals surface area contributed by atoms with E-state index in [1.807, 2.05) is 13.0 Å². The van der Waals surface area contributed by atoms with Crippen molar-refractivity contribution in [3.05, 3.63) is 53.3 Å². The standard InChI is InChI=1S/C18H21F3N4/c1-13-8-9-22-17(23-13)24-16-3-2-10-25(12-16)11-14-4-6-15(7-5-14)18(19,20)21/h4-9,16H,2-3,10-12H2,1H3,(H,22,23,24). The van der Waals surface area contributed by atoms with Crippen molar-refractivity contribution in [2.24, 2.45) is 0 Å². The molecule has 4 nitrogen and oxygen atoms in total. The minimum atomic E-state index is -4.29. The number of aryl methyl sites for hydroxylation is 1. The summed E-state index contributed by atoms with van der Waals surface area (Å²) in [7, 11) is 0. The van der Waals surface area contributed by atoms with Crippen molar-refractivity contribution in [2.45, 2.75) is 38.5 Å². The molecule has 1 atom stereocenters. The molecular weight excluding hydrogens is 329 g/mol. The van der Waals surface area contributed by atoms with Crippen LogP contribution < -0.4 is 5.32 Å². The van der Waals surface area contributed by atoms with E-state index in [9.17, 15) is 13.2 Å². The van der Waals surface area contributed by atoms with E-state index < -0.39 is 11.7 Å². The van der Waals surface area contributed by atoms with Gasteiger partial charge in [0, 0.05) is 31.0 Å². The van der Waals surface area contributed by atoms with Crippen LogP contribution in [-0.2, 0) is 12.7 Å². The summed E-state index contributed by atoms with van der Waals surface area (Å²) in [6, 6.07) is 7.51. The second-order valence-corrected chi connectivity index (χ2v) is 6.43. The van der Waals surface area contributed by atoms with Crippen LogP contribution in [0.25, 0.3) is 0 Å². The smallest absolute Gasteiger partial charge is 0.350 e. The molecule has 0 bridgehead atoms. The summed E-state index contributed by atoms with van der Waals surface area (Å²) in [6.45, 7) is 4.32. The van der Waals surface area contributed by atoms with Crippen LogP contribution in [-0.4, -0.2) is 34.0 Å². The summed E-state index contributed by atoms with van der Waals surface area (Å²) < 4.78 is 37.9. The molecule has 1 aromatic heterocycles. The predicted octanol–water partition coefficient (Wildman–Crippen LogP) is 3.88. The van der Waals surface area contributed by atoms with Crippen LogP contribution >= 0.6 is 0 Å². The van der Waals surface area contributed by atoms with E-state index in [4.69, 9.17) is 0 Å². The number of anilines is 1. The zero-order valence-corrected chi connectivity index (χ0v) is 14.1. The van der Waals surface area contributed by atoms with Gasteiger partial charge in [0.2, 0.25) is 5.95 Å². The Labute approximate surface area is 145 Å². The number of likely N-dealkylation sites (tertiary alicyclic amines) is 1. The molecule has 1 unspecified atom stereocenters. The third kappa shape index (κ3) is 4.92. The molecule has 0 aliphatic carbocycles. The first-order chi connectivity index (χ1) is 11.9. The average Bonchev–Trinajstić information content (AvgIpc) is 2.55. The molecular formula is C18H21F3N4. The van der Waals surface area contributed by atoms with Crippen LogP contribution in [0, 0.1) is 6.92 Å². The highest BCUT2D eigenvalue weighted by atomic mass is 19.4. The Hall–Kier alpha value is -2.15. The molecule has 0 saturated carbocycles. The van der Waals surface area contributed by atoms with Gasteiger partial charge in [-0.15, -0.1) is 0 Å². The van der Waals surface area contributed by atoms with Gasteiger partial charge in [0.05, 0.1) is 5.56 Å². The number of hydrogen-bond acceptors (Lipinski definition) is 4. The molecule has 0 amide bonds. The molecule has 1 aromatic carbocycles. The van der Waals surface area contributed by atoms with Gasteiger partial charge in [0.25, 0.3) is 0 Å². The first kappa shape index (κ1) is 17.7. The summed E-state index contributed by atoms with van der Waals surface area (Å²) in [6.07, 6.45) is -0.495. The molecule has 7 heteroatoms. The van der Waals surface area contributed by atoms with Gasteiger partial charge in [-0.05, 0) is 50.1 Å². The maximum Gasteiger partial charge on any atom is 0.416 e. The molecule has 25 heavy (non-hydrogen) atoms. The molecule has 1 fully saturated rings. The van der Waals surface area contributed by atoms with Crippen LogP contribution in [0.4, 0.5) is 19.1 Å². The lowest BCUT2D eigenvalue weighted by Gasteiger charge is -2.33. The summed E-state index contributed by atoms with van der Waals surface area (Å²) >= 11 is 0. The fourth-order valence-electron chi connectivity index (χ4n) is 3.08. The normalized spacial score (nSPS) is 19.0. The first-order valence-electron chi connectivity index (χ1n) is 8.35. The van der Waals surface area contributed by atoms with Crippen molar-refractivity contribution < 1.29 is 13.2 Å². The first-order valence-corrected chi connectivity index (χ1v) is 8.35. The van der Waals surface area contributed by atoms with E-state index in [-0.39, 0.29) is 6.04 Å². The van der Waals surface area contributed by atoms with E-state index in [2.05, 4.69) is 20.2 Å². The van der Waals surface area contributed by atoms with Crippen molar-refractivity contribution in [3.8, 4) is 0 Å². The fraction of sp³-hybridized carbons (Fsp3) is 0.444. The van der Waals surface area contributed by atoms with Gasteiger partial charge in [0.15, 0.2) is 0 Å². The summed E-state index contributed by atoms with van der Waals surface area (Å²) in [5.41, 5.74) is 1.20. The van der Waals surface area contributed by atoms with Crippen LogP contribution in [0.1, 0.15) is 29.7 Å². The Morgan fingerprint density at radius 1 is 1.20 bits per heavy atom. The lowest BCUT2D eigenvalue weighted by atomic mass is 10.0. The monoisotopic (exact) mass is 350 g/mol. The molecule has 0 radical (unpaired) electrons. The van der Waals surface area contributed by atoms with Gasteiger partial charge in [-0.1, -0.05) is 12.1 Å². The number of hydrogen-bond donors (Lipinski definition) is 1. The maximum atomic E-state index is 12.6. The topological polar surface area (TPSA) is 41.1 Å². The van der Waals surface area contributed by atoms with Crippen molar-refractivity contribution >= 4 is 5.95 Å². The Morgan fingerprint density at radius 2 is 1.96 bits per heavy atom. The van der Waals surface area contributed by atoms with E-state index in [1.54, 1.807) is 18.3 Å². The molecule has 3 rings (SSSR count). The number of alkyl halides is 3. The molecule has 0 spiro atoms. The molecule has 134 valence electrons. The van der Waals surface area contributed by atoms with Crippen molar-refractivity contribution in [1.29, 1.82) is 0 Å². The van der Waals surface area contributed by atoms with Gasteiger partial charge >= 0.3 is 6.18 Å². The lowest BCUT2D eigenvalue weighted by molar-refractivity contribution is -0.137. The van der Waals surface area contributed by atoms with E-state index in [0.717, 1.165) is 49.3 Å². The Bertz CT molecular complexity index is 700. The van der Waals surface area contributed by atoms with Crippen molar-refractivity contribution in [1.82, 2.24) is 14.9 Å². The zero-order valence-electron chi connectivity index (χ0n) is 14.1. The van der Waals surface area contributed by atoms with E-state index >= 15 is 0 Å². The average molecular weight is 350 g/mol. The van der Waals surface area contributed by atoms with Gasteiger partial charge in [-0.2, -0.15) is 13.2 Å². The molecule has 1 aliphatic heterocycles. The summed E-state index contributed by atoms with van der Waals surface area (Å²) in [4.78, 5) is 10.8. The third-order valence-corrected chi connectivity index (χ3v) is 4.32. The number of nitrogens with zero attached hydrogens (tertiary/aromatic N) is 3. The lowest BCUT2D eigenvalue weighted by Crippen LogP contribution is -2.41. The minimum Gasteiger partial charge on any atom is -0.350 e. The Kier molecular flexibility index (Phi) is 5.22. The van der Waals surface area contributed by atoms with E-state index in [1.165, 1.54) is 0 Å². The molecule has 2 heterocycles. The Morgan fingerprint density at radius 3 is 2.64 bits per heavy atom. The SMILES string of the molecule is Cc1ccnc(NC2CCCN(Cc3ccc(C(F)(F)F)cc3)C2)n1. The van der Waals surface area contributed by atoms with E-state index in [0.29, 0.717) is 12.5 Å². The molecule has 2 aromatic rings. The third-order valence-electron chi connectivity index (χ3n) is 4.32. The minimum absolute atomic E-state index is 0.241. The van der Waals surface area contributed by atoms with Crippen molar-refractivity contribution in [3.63, 3.8) is 0 Å². The molecule has 1 aliphatic rings. The zero-order chi connectivity index (χ0) is 17.9. The maximum absolute atomic E-state index is 12.6. The Balaban J connectivity index is 1.58. The van der Waals surface area contributed by atoms with Crippen LogP contribution in [0.3, 0.4) is 0 Å². The van der Waals surface area contributed by atoms with Gasteiger partial charge in [0.1, 0.15) is 0 Å². The van der Waals surface area contributed by atoms with Crippen LogP contribution in [0.5, 0.6) is 0 Å². The number of rotatable bonds is 4. The second-order valence-electron chi connectivity index (χ2n) is 6.43. The quantitative estimate of drug-likeness (QED) is 0.909. The highest BCUT2D eigenvalue weighted by Crippen LogP contribution is 2.29. The summed E-state index contributed by atoms with van der Waals surface area (Å²) in [5, 5.41) is 3.35. The van der Waals surface area contributed by atoms with Gasteiger partial charge in [-0.3, -0.25) is 4.90 Å². The van der Waals surface area contributed by atoms with Gasteiger partial charge in [-0.25, -0.2) is 9.97 Å². The molecule has 1 saturated heterocycles.